The van der Waals surface area contributed by atoms with E-state index >= 15 is 0 Å². The van der Waals surface area contributed by atoms with Crippen LogP contribution in [-0.2, 0) is 6.42 Å². The predicted molar refractivity (Wildman–Crippen MR) is 140 cm³/mol. The van der Waals surface area contributed by atoms with Crippen LogP contribution >= 0.6 is 0 Å². The third kappa shape index (κ3) is 6.14. The van der Waals surface area contributed by atoms with E-state index in [9.17, 15) is 0 Å². The first kappa shape index (κ1) is 23.8. The van der Waals surface area contributed by atoms with Gasteiger partial charge in [0.1, 0.15) is 11.5 Å². The minimum Gasteiger partial charge on any atom is -0.497 e. The summed E-state index contributed by atoms with van der Waals surface area (Å²) in [7, 11) is 3.42. The molecule has 2 aromatic heterocycles. The average Bonchev–Trinajstić information content (AvgIpc) is 2.89. The SMILES string of the molecule is COc1cc(CCCCCNCCCNc2cc(OC)cc3cccnc23)c2ncccc2c1. The lowest BCUT2D eigenvalue weighted by Gasteiger charge is -2.12. The second kappa shape index (κ2) is 12.2. The Morgan fingerprint density at radius 2 is 1.38 bits per heavy atom. The zero-order valence-electron chi connectivity index (χ0n) is 20.1. The molecule has 4 rings (SSSR count). The molecule has 0 radical (unpaired) electrons. The highest BCUT2D eigenvalue weighted by molar-refractivity contribution is 5.91. The average molecular weight is 459 g/mol. The number of aromatic nitrogens is 2. The van der Waals surface area contributed by atoms with Crippen LogP contribution in [0.4, 0.5) is 5.69 Å². The number of nitrogens with zero attached hydrogens (tertiary/aromatic N) is 2. The largest absolute Gasteiger partial charge is 0.497 e. The van der Waals surface area contributed by atoms with Crippen LogP contribution in [0.1, 0.15) is 31.2 Å². The van der Waals surface area contributed by atoms with Gasteiger partial charge in [-0.3, -0.25) is 9.97 Å². The summed E-state index contributed by atoms with van der Waals surface area (Å²) in [6.45, 7) is 2.93. The van der Waals surface area contributed by atoms with E-state index in [2.05, 4.69) is 44.9 Å². The van der Waals surface area contributed by atoms with Gasteiger partial charge in [0, 0.05) is 35.8 Å². The fraction of sp³-hybridized carbons (Fsp3) is 0.357. The van der Waals surface area contributed by atoms with Crippen molar-refractivity contribution in [1.29, 1.82) is 0 Å². The van der Waals surface area contributed by atoms with Crippen molar-refractivity contribution in [2.24, 2.45) is 0 Å². The molecule has 0 aliphatic carbocycles. The van der Waals surface area contributed by atoms with Crippen LogP contribution in [0.2, 0.25) is 0 Å². The van der Waals surface area contributed by atoms with E-state index in [0.717, 1.165) is 77.9 Å². The number of anilines is 1. The molecule has 4 aromatic rings. The smallest absolute Gasteiger partial charge is 0.121 e. The molecule has 0 unspecified atom stereocenters. The minimum atomic E-state index is 0.846. The number of benzene rings is 2. The maximum Gasteiger partial charge on any atom is 0.121 e. The molecule has 0 atom stereocenters. The van der Waals surface area contributed by atoms with E-state index in [1.165, 1.54) is 18.4 Å². The third-order valence-corrected chi connectivity index (χ3v) is 6.05. The van der Waals surface area contributed by atoms with Gasteiger partial charge in [0.15, 0.2) is 0 Å². The maximum atomic E-state index is 5.46. The summed E-state index contributed by atoms with van der Waals surface area (Å²) in [5.41, 5.74) is 4.37. The summed E-state index contributed by atoms with van der Waals surface area (Å²) >= 11 is 0. The van der Waals surface area contributed by atoms with E-state index in [1.807, 2.05) is 36.7 Å². The van der Waals surface area contributed by atoms with E-state index in [1.54, 1.807) is 14.2 Å². The highest BCUT2D eigenvalue weighted by atomic mass is 16.5. The van der Waals surface area contributed by atoms with E-state index in [4.69, 9.17) is 9.47 Å². The van der Waals surface area contributed by atoms with Crippen molar-refractivity contribution < 1.29 is 9.47 Å². The number of hydrogen-bond donors (Lipinski definition) is 2. The molecule has 2 N–H and O–H groups in total. The number of hydrogen-bond acceptors (Lipinski definition) is 6. The minimum absolute atomic E-state index is 0.846. The number of aryl methyl sites for hydroxylation is 1. The summed E-state index contributed by atoms with van der Waals surface area (Å²) in [6.07, 6.45) is 9.28. The molecular formula is C28H34N4O2. The van der Waals surface area contributed by atoms with Crippen molar-refractivity contribution in [2.45, 2.75) is 32.1 Å². The second-order valence-corrected chi connectivity index (χ2v) is 8.45. The predicted octanol–water partition coefficient (Wildman–Crippen LogP) is 5.60. The van der Waals surface area contributed by atoms with Gasteiger partial charge in [0.05, 0.1) is 30.9 Å². The summed E-state index contributed by atoms with van der Waals surface area (Å²) in [6, 6.07) is 16.3. The van der Waals surface area contributed by atoms with E-state index in [-0.39, 0.29) is 0 Å². The molecule has 0 spiro atoms. The fourth-order valence-corrected chi connectivity index (χ4v) is 4.27. The number of ether oxygens (including phenoxy) is 2. The van der Waals surface area contributed by atoms with Crippen molar-refractivity contribution in [2.75, 3.05) is 39.2 Å². The van der Waals surface area contributed by atoms with Crippen LogP contribution in [0.15, 0.2) is 60.9 Å². The van der Waals surface area contributed by atoms with E-state index in [0.29, 0.717) is 0 Å². The molecule has 0 saturated heterocycles. The van der Waals surface area contributed by atoms with Crippen LogP contribution < -0.4 is 20.1 Å². The zero-order valence-corrected chi connectivity index (χ0v) is 20.1. The molecule has 2 heterocycles. The number of rotatable bonds is 13. The van der Waals surface area contributed by atoms with Gasteiger partial charge in [-0.2, -0.15) is 0 Å². The lowest BCUT2D eigenvalue weighted by Crippen LogP contribution is -2.19. The molecule has 2 aromatic carbocycles. The van der Waals surface area contributed by atoms with Gasteiger partial charge >= 0.3 is 0 Å². The molecule has 0 amide bonds. The van der Waals surface area contributed by atoms with E-state index < -0.39 is 0 Å². The molecule has 0 fully saturated rings. The Balaban J connectivity index is 1.13. The standard InChI is InChI=1S/C28H34N4O2/c1-33-24-17-21(27-22(18-24)10-6-14-31-27)9-4-3-5-12-29-13-8-16-30-26-20-25(34-2)19-23-11-7-15-32-28(23)26/h6-7,10-11,14-15,17-20,29-30H,3-5,8-9,12-13,16H2,1-2H3. The van der Waals surface area contributed by atoms with Crippen LogP contribution in [0.3, 0.4) is 0 Å². The highest BCUT2D eigenvalue weighted by Gasteiger charge is 2.07. The molecule has 6 nitrogen and oxygen atoms in total. The van der Waals surface area contributed by atoms with Gasteiger partial charge in [-0.25, -0.2) is 0 Å². The van der Waals surface area contributed by atoms with Gasteiger partial charge in [-0.15, -0.1) is 0 Å². The lowest BCUT2D eigenvalue weighted by atomic mass is 10.0. The quantitative estimate of drug-likeness (QED) is 0.254. The van der Waals surface area contributed by atoms with Gasteiger partial charge in [-0.05, 0) is 74.7 Å². The van der Waals surface area contributed by atoms with Crippen molar-refractivity contribution in [3.8, 4) is 11.5 Å². The number of methoxy groups -OCH3 is 2. The Bertz CT molecular complexity index is 1120. The first-order chi connectivity index (χ1) is 16.8. The van der Waals surface area contributed by atoms with Crippen molar-refractivity contribution in [3.63, 3.8) is 0 Å². The van der Waals surface area contributed by atoms with Crippen LogP contribution in [0.25, 0.3) is 21.8 Å². The fourth-order valence-electron chi connectivity index (χ4n) is 4.27. The molecule has 0 bridgehead atoms. The Hall–Kier alpha value is -3.38. The van der Waals surface area contributed by atoms with Gasteiger partial charge < -0.3 is 20.1 Å². The summed E-state index contributed by atoms with van der Waals surface area (Å²) < 4.78 is 10.9. The number of unbranched alkanes of at least 4 members (excludes halogenated alkanes) is 2. The normalized spacial score (nSPS) is 11.1. The number of fused-ring (bicyclic) bond motifs is 2. The first-order valence-corrected chi connectivity index (χ1v) is 12.1. The molecule has 178 valence electrons. The molecule has 0 saturated carbocycles. The van der Waals surface area contributed by atoms with Crippen LogP contribution in [0.5, 0.6) is 11.5 Å². The molecular weight excluding hydrogens is 424 g/mol. The molecule has 34 heavy (non-hydrogen) atoms. The molecule has 0 aliphatic heterocycles. The summed E-state index contributed by atoms with van der Waals surface area (Å²) in [4.78, 5) is 9.09. The maximum absolute atomic E-state index is 5.46. The molecule has 0 aliphatic rings. The van der Waals surface area contributed by atoms with Crippen molar-refractivity contribution in [3.05, 3.63) is 66.5 Å². The van der Waals surface area contributed by atoms with Crippen LogP contribution in [0, 0.1) is 0 Å². The monoisotopic (exact) mass is 458 g/mol. The van der Waals surface area contributed by atoms with Gasteiger partial charge in [-0.1, -0.05) is 18.6 Å². The number of pyridine rings is 2. The lowest BCUT2D eigenvalue weighted by molar-refractivity contribution is 0.415. The van der Waals surface area contributed by atoms with Crippen molar-refractivity contribution in [1.82, 2.24) is 15.3 Å². The Morgan fingerprint density at radius 1 is 0.706 bits per heavy atom. The zero-order chi connectivity index (χ0) is 23.6. The van der Waals surface area contributed by atoms with Crippen LogP contribution in [-0.4, -0.2) is 43.8 Å². The Labute approximate surface area is 201 Å². The summed E-state index contributed by atoms with van der Waals surface area (Å²) in [5.74, 6) is 1.75. The first-order valence-electron chi connectivity index (χ1n) is 12.1. The number of nitrogens with one attached hydrogen (secondary N) is 2. The Kier molecular flexibility index (Phi) is 8.52. The highest BCUT2D eigenvalue weighted by Crippen LogP contribution is 2.28. The van der Waals surface area contributed by atoms with Gasteiger partial charge in [0.25, 0.3) is 0 Å². The Morgan fingerprint density at radius 3 is 2.15 bits per heavy atom. The third-order valence-electron chi connectivity index (χ3n) is 6.05. The summed E-state index contributed by atoms with van der Waals surface area (Å²) in [5, 5.41) is 9.31. The molecule has 6 heteroatoms. The topological polar surface area (TPSA) is 68.3 Å². The van der Waals surface area contributed by atoms with Gasteiger partial charge in [0.2, 0.25) is 0 Å². The second-order valence-electron chi connectivity index (χ2n) is 8.45. The van der Waals surface area contributed by atoms with Crippen molar-refractivity contribution >= 4 is 27.5 Å².